The molecule has 1 rings (SSSR count). The van der Waals surface area contributed by atoms with E-state index in [4.69, 9.17) is 15.6 Å². The Kier molecular flexibility index (Phi) is 9.14. The van der Waals surface area contributed by atoms with Gasteiger partial charge in [0.05, 0.1) is 19.1 Å². The van der Waals surface area contributed by atoms with E-state index in [9.17, 15) is 14.4 Å². The van der Waals surface area contributed by atoms with E-state index in [0.717, 1.165) is 24.2 Å². The van der Waals surface area contributed by atoms with Gasteiger partial charge >= 0.3 is 5.97 Å². The Morgan fingerprint density at radius 1 is 1.23 bits per heavy atom. The largest absolute Gasteiger partial charge is 0.494 e. The van der Waals surface area contributed by atoms with Gasteiger partial charge in [-0.25, -0.2) is 0 Å². The lowest BCUT2D eigenvalue weighted by Gasteiger charge is -2.14. The van der Waals surface area contributed by atoms with Crippen LogP contribution in [0.4, 0.5) is 0 Å². The van der Waals surface area contributed by atoms with E-state index in [0.29, 0.717) is 13.2 Å². The molecule has 26 heavy (non-hydrogen) atoms. The van der Waals surface area contributed by atoms with Crippen LogP contribution in [0, 0.1) is 0 Å². The Hall–Kier alpha value is -2.61. The molecule has 0 aromatic heterocycles. The molecule has 144 valence electrons. The van der Waals surface area contributed by atoms with Crippen molar-refractivity contribution in [2.24, 2.45) is 5.73 Å². The minimum absolute atomic E-state index is 0.226. The van der Waals surface area contributed by atoms with Crippen molar-refractivity contribution >= 4 is 17.8 Å². The predicted octanol–water partition coefficient (Wildman–Crippen LogP) is 0.788. The predicted molar refractivity (Wildman–Crippen MR) is 96.5 cm³/mol. The third-order valence-electron chi connectivity index (χ3n) is 3.65. The van der Waals surface area contributed by atoms with Crippen LogP contribution in [0.25, 0.3) is 0 Å². The number of aliphatic carboxylic acids is 1. The van der Waals surface area contributed by atoms with Crippen LogP contribution in [-0.4, -0.2) is 41.6 Å². The fraction of sp³-hybridized carbons (Fsp3) is 0.500. The zero-order valence-electron chi connectivity index (χ0n) is 15.2. The monoisotopic (exact) mass is 365 g/mol. The summed E-state index contributed by atoms with van der Waals surface area (Å²) >= 11 is 0. The first-order chi connectivity index (χ1) is 12.3. The normalized spacial score (nSPS) is 12.7. The first kappa shape index (κ1) is 21.4. The molecule has 0 saturated heterocycles. The summed E-state index contributed by atoms with van der Waals surface area (Å²) < 4.78 is 5.56. The highest BCUT2D eigenvalue weighted by atomic mass is 16.5. The summed E-state index contributed by atoms with van der Waals surface area (Å²) in [6.07, 6.45) is 1.84. The van der Waals surface area contributed by atoms with Gasteiger partial charge in [0.15, 0.2) is 0 Å². The van der Waals surface area contributed by atoms with Crippen LogP contribution < -0.4 is 21.1 Å². The minimum atomic E-state index is -1.17. The number of carboxylic acids is 1. The minimum Gasteiger partial charge on any atom is -0.494 e. The van der Waals surface area contributed by atoms with Gasteiger partial charge < -0.3 is 26.2 Å². The lowest BCUT2D eigenvalue weighted by molar-refractivity contribution is -0.141. The summed E-state index contributed by atoms with van der Waals surface area (Å²) in [5, 5.41) is 13.6. The molecule has 0 aliphatic carbocycles. The average Bonchev–Trinajstić information content (AvgIpc) is 2.61. The molecule has 0 aliphatic rings. The number of carbonyl (C=O) groups is 3. The van der Waals surface area contributed by atoms with Gasteiger partial charge in [-0.15, -0.1) is 0 Å². The van der Waals surface area contributed by atoms with Gasteiger partial charge in [-0.1, -0.05) is 25.5 Å². The zero-order valence-corrected chi connectivity index (χ0v) is 15.2. The number of nitrogens with one attached hydrogen (secondary N) is 2. The molecule has 1 aromatic carbocycles. The summed E-state index contributed by atoms with van der Waals surface area (Å²) in [4.78, 5) is 34.3. The van der Waals surface area contributed by atoms with Crippen molar-refractivity contribution < 1.29 is 24.2 Å². The topological polar surface area (TPSA) is 131 Å². The standard InChI is InChI=1S/C18H27N3O5/c1-3-4-9-26-14-7-5-13(6-8-14)11-20-16(22)10-15(19)17(23)21-12(2)18(24)25/h5-8,12,15H,3-4,9-11,19H2,1-2H3,(H,20,22)(H,21,23)(H,24,25). The highest BCUT2D eigenvalue weighted by Gasteiger charge is 2.21. The quantitative estimate of drug-likeness (QED) is 0.429. The number of benzene rings is 1. The summed E-state index contributed by atoms with van der Waals surface area (Å²) in [5.41, 5.74) is 6.52. The second kappa shape index (κ2) is 11.1. The molecule has 0 spiro atoms. The summed E-state index contributed by atoms with van der Waals surface area (Å²) in [5.74, 6) is -1.46. The molecule has 2 amide bonds. The van der Waals surface area contributed by atoms with Gasteiger partial charge in [0.2, 0.25) is 11.8 Å². The lowest BCUT2D eigenvalue weighted by Crippen LogP contribution is -2.48. The van der Waals surface area contributed by atoms with Gasteiger partial charge in [0.25, 0.3) is 0 Å². The number of rotatable bonds is 11. The number of unbranched alkanes of at least 4 members (excludes halogenated alkanes) is 1. The van der Waals surface area contributed by atoms with Crippen molar-refractivity contribution in [1.82, 2.24) is 10.6 Å². The first-order valence-electron chi connectivity index (χ1n) is 8.60. The fourth-order valence-corrected chi connectivity index (χ4v) is 1.99. The van der Waals surface area contributed by atoms with Crippen LogP contribution >= 0.6 is 0 Å². The molecule has 0 aliphatic heterocycles. The van der Waals surface area contributed by atoms with E-state index in [-0.39, 0.29) is 12.3 Å². The molecule has 2 unspecified atom stereocenters. The molecule has 0 bridgehead atoms. The van der Waals surface area contributed by atoms with Gasteiger partial charge in [0, 0.05) is 6.54 Å². The molecule has 0 radical (unpaired) electrons. The van der Waals surface area contributed by atoms with Crippen molar-refractivity contribution in [2.45, 2.75) is 51.7 Å². The molecule has 2 atom stereocenters. The molecular formula is C18H27N3O5. The number of hydrogen-bond acceptors (Lipinski definition) is 5. The lowest BCUT2D eigenvalue weighted by atomic mass is 10.1. The third kappa shape index (κ3) is 7.98. The van der Waals surface area contributed by atoms with E-state index in [1.54, 1.807) is 0 Å². The maximum absolute atomic E-state index is 11.9. The van der Waals surface area contributed by atoms with Crippen LogP contribution in [0.15, 0.2) is 24.3 Å². The zero-order chi connectivity index (χ0) is 19.5. The summed E-state index contributed by atoms with van der Waals surface area (Å²) in [6, 6.07) is 5.21. The second-order valence-electron chi connectivity index (χ2n) is 6.00. The van der Waals surface area contributed by atoms with E-state index in [2.05, 4.69) is 17.6 Å². The Morgan fingerprint density at radius 2 is 1.88 bits per heavy atom. The third-order valence-corrected chi connectivity index (χ3v) is 3.65. The number of ether oxygens (including phenoxy) is 1. The Labute approximate surface area is 153 Å². The van der Waals surface area contributed by atoms with E-state index in [1.807, 2.05) is 24.3 Å². The molecule has 0 heterocycles. The van der Waals surface area contributed by atoms with Crippen LogP contribution in [-0.2, 0) is 20.9 Å². The Bertz CT molecular complexity index is 603. The number of hydrogen-bond donors (Lipinski definition) is 4. The summed E-state index contributed by atoms with van der Waals surface area (Å²) in [6.45, 7) is 4.39. The van der Waals surface area contributed by atoms with Crippen molar-refractivity contribution in [2.75, 3.05) is 6.61 Å². The smallest absolute Gasteiger partial charge is 0.325 e. The van der Waals surface area contributed by atoms with Gasteiger partial charge in [-0.05, 0) is 31.0 Å². The summed E-state index contributed by atoms with van der Waals surface area (Å²) in [7, 11) is 0. The number of carbonyl (C=O) groups excluding carboxylic acids is 2. The van der Waals surface area contributed by atoms with E-state index < -0.39 is 24.0 Å². The van der Waals surface area contributed by atoms with Gasteiger partial charge in [-0.3, -0.25) is 14.4 Å². The average molecular weight is 365 g/mol. The SMILES string of the molecule is CCCCOc1ccc(CNC(=O)CC(N)C(=O)NC(C)C(=O)O)cc1. The fourth-order valence-electron chi connectivity index (χ4n) is 1.99. The first-order valence-corrected chi connectivity index (χ1v) is 8.60. The van der Waals surface area contributed by atoms with E-state index >= 15 is 0 Å². The van der Waals surface area contributed by atoms with Crippen LogP contribution in [0.5, 0.6) is 5.75 Å². The van der Waals surface area contributed by atoms with Crippen LogP contribution in [0.2, 0.25) is 0 Å². The Balaban J connectivity index is 2.37. The molecule has 8 nitrogen and oxygen atoms in total. The maximum Gasteiger partial charge on any atom is 0.325 e. The van der Waals surface area contributed by atoms with Crippen molar-refractivity contribution in [1.29, 1.82) is 0 Å². The second-order valence-corrected chi connectivity index (χ2v) is 6.00. The number of nitrogens with two attached hydrogens (primary N) is 1. The molecule has 1 aromatic rings. The van der Waals surface area contributed by atoms with Crippen LogP contribution in [0.1, 0.15) is 38.7 Å². The van der Waals surface area contributed by atoms with E-state index in [1.165, 1.54) is 6.92 Å². The molecular weight excluding hydrogens is 338 g/mol. The highest BCUT2D eigenvalue weighted by molar-refractivity contribution is 5.90. The van der Waals surface area contributed by atoms with Crippen molar-refractivity contribution in [3.8, 4) is 5.75 Å². The molecule has 0 saturated carbocycles. The van der Waals surface area contributed by atoms with Gasteiger partial charge in [-0.2, -0.15) is 0 Å². The Morgan fingerprint density at radius 3 is 2.46 bits per heavy atom. The molecule has 5 N–H and O–H groups in total. The van der Waals surface area contributed by atoms with Gasteiger partial charge in [0.1, 0.15) is 11.8 Å². The number of amides is 2. The highest BCUT2D eigenvalue weighted by Crippen LogP contribution is 2.12. The van der Waals surface area contributed by atoms with Crippen molar-refractivity contribution in [3.63, 3.8) is 0 Å². The van der Waals surface area contributed by atoms with Crippen LogP contribution in [0.3, 0.4) is 0 Å². The number of carboxylic acid groups (broad SMARTS) is 1. The van der Waals surface area contributed by atoms with Crippen molar-refractivity contribution in [3.05, 3.63) is 29.8 Å². The molecule has 0 fully saturated rings. The molecule has 8 heteroatoms. The maximum atomic E-state index is 11.9.